The van der Waals surface area contributed by atoms with Crippen molar-refractivity contribution in [2.45, 2.75) is 30.8 Å². The molecule has 2 fully saturated rings. The molecule has 0 aliphatic carbocycles. The van der Waals surface area contributed by atoms with Gasteiger partial charge in [0.05, 0.1) is 0 Å². The summed E-state index contributed by atoms with van der Waals surface area (Å²) in [5, 5.41) is 0.713. The molecular formula is C13H14ClNO. The molecule has 0 radical (unpaired) electrons. The summed E-state index contributed by atoms with van der Waals surface area (Å²) in [6, 6.07) is 8.16. The Bertz CT molecular complexity index is 459. The lowest BCUT2D eigenvalue weighted by Crippen LogP contribution is -2.40. The lowest BCUT2D eigenvalue weighted by molar-refractivity contribution is -0.125. The first-order valence-corrected chi connectivity index (χ1v) is 6.05. The molecule has 16 heavy (non-hydrogen) atoms. The van der Waals surface area contributed by atoms with Crippen LogP contribution in [0.15, 0.2) is 24.3 Å². The molecule has 2 saturated heterocycles. The van der Waals surface area contributed by atoms with Gasteiger partial charge in [0.15, 0.2) is 5.78 Å². The third-order valence-corrected chi connectivity index (χ3v) is 4.52. The topological polar surface area (TPSA) is 20.3 Å². The molecule has 2 heterocycles. The zero-order valence-corrected chi connectivity index (χ0v) is 10.00. The molecule has 2 atom stereocenters. The van der Waals surface area contributed by atoms with Gasteiger partial charge in [0, 0.05) is 17.5 Å². The quantitative estimate of drug-likeness (QED) is 0.746. The van der Waals surface area contributed by atoms with Crippen molar-refractivity contribution in [3.05, 3.63) is 34.9 Å². The van der Waals surface area contributed by atoms with Crippen LogP contribution < -0.4 is 0 Å². The van der Waals surface area contributed by atoms with Crippen LogP contribution in [0, 0.1) is 0 Å². The second-order valence-corrected chi connectivity index (χ2v) is 5.18. The molecule has 0 N–H and O–H groups in total. The number of hydrogen-bond acceptors (Lipinski definition) is 2. The number of hydrogen-bond donors (Lipinski definition) is 0. The van der Waals surface area contributed by atoms with Crippen LogP contribution in [0.4, 0.5) is 0 Å². The van der Waals surface area contributed by atoms with E-state index in [0.717, 1.165) is 18.4 Å². The largest absolute Gasteiger partial charge is 0.297 e. The maximum atomic E-state index is 12.2. The summed E-state index contributed by atoms with van der Waals surface area (Å²) in [5.74, 6) is 0.333. The number of carbonyl (C=O) groups excluding carboxylic acids is 1. The Morgan fingerprint density at radius 2 is 2.19 bits per heavy atom. The average Bonchev–Trinajstić information content (AvgIpc) is 2.70. The van der Waals surface area contributed by atoms with Gasteiger partial charge in [-0.3, -0.25) is 9.69 Å². The van der Waals surface area contributed by atoms with Crippen LogP contribution in [-0.2, 0) is 10.3 Å². The Kier molecular flexibility index (Phi) is 2.13. The van der Waals surface area contributed by atoms with E-state index in [-0.39, 0.29) is 0 Å². The van der Waals surface area contributed by atoms with E-state index >= 15 is 0 Å². The average molecular weight is 236 g/mol. The lowest BCUT2D eigenvalue weighted by atomic mass is 9.80. The first-order valence-electron chi connectivity index (χ1n) is 5.67. The van der Waals surface area contributed by atoms with E-state index in [1.54, 1.807) is 0 Å². The van der Waals surface area contributed by atoms with E-state index in [4.69, 9.17) is 11.6 Å². The Morgan fingerprint density at radius 1 is 1.44 bits per heavy atom. The van der Waals surface area contributed by atoms with Crippen molar-refractivity contribution in [3.63, 3.8) is 0 Å². The minimum absolute atomic E-state index is 0.333. The summed E-state index contributed by atoms with van der Waals surface area (Å²) in [4.78, 5) is 14.4. The fourth-order valence-electron chi connectivity index (χ4n) is 3.29. The number of nitrogens with zero attached hydrogens (tertiary/aromatic N) is 1. The number of Topliss-reactive ketones (excluding diaryl/α,β-unsaturated/α-hetero) is 1. The molecule has 3 heteroatoms. The monoisotopic (exact) mass is 235 g/mol. The number of halogens is 1. The van der Waals surface area contributed by atoms with Crippen molar-refractivity contribution in [1.29, 1.82) is 0 Å². The van der Waals surface area contributed by atoms with Crippen LogP contribution in [0.5, 0.6) is 0 Å². The number of likely N-dealkylation sites (N-methyl/N-ethyl adjacent to an activating group) is 1. The summed E-state index contributed by atoms with van der Waals surface area (Å²) in [6.45, 7) is 0. The summed E-state index contributed by atoms with van der Waals surface area (Å²) in [6.07, 6.45) is 2.70. The van der Waals surface area contributed by atoms with Gasteiger partial charge in [-0.2, -0.15) is 0 Å². The zero-order chi connectivity index (χ0) is 11.3. The third-order valence-electron chi connectivity index (χ3n) is 4.19. The van der Waals surface area contributed by atoms with Crippen molar-refractivity contribution in [1.82, 2.24) is 4.90 Å². The minimum Gasteiger partial charge on any atom is -0.297 e. The van der Waals surface area contributed by atoms with Crippen LogP contribution in [0.25, 0.3) is 0 Å². The summed E-state index contributed by atoms with van der Waals surface area (Å²) in [7, 11) is 2.05. The van der Waals surface area contributed by atoms with Crippen LogP contribution >= 0.6 is 11.6 Å². The summed E-state index contributed by atoms with van der Waals surface area (Å²) in [5.41, 5.74) is 0.562. The molecule has 1 aromatic rings. The molecule has 84 valence electrons. The second-order valence-electron chi connectivity index (χ2n) is 4.77. The number of ketones is 1. The van der Waals surface area contributed by atoms with E-state index in [9.17, 15) is 4.79 Å². The van der Waals surface area contributed by atoms with Crippen LogP contribution in [0.3, 0.4) is 0 Å². The Morgan fingerprint density at radius 3 is 2.75 bits per heavy atom. The second kappa shape index (κ2) is 3.31. The van der Waals surface area contributed by atoms with Gasteiger partial charge in [-0.1, -0.05) is 29.8 Å². The third kappa shape index (κ3) is 1.09. The SMILES string of the molecule is CN1C2CCC1(c1ccccc1Cl)C(=O)C2. The van der Waals surface area contributed by atoms with Gasteiger partial charge in [-0.25, -0.2) is 0 Å². The standard InChI is InChI=1S/C13H14ClNO/c1-15-9-6-7-13(15,12(16)8-9)10-4-2-3-5-11(10)14/h2-5,9H,6-8H2,1H3. The van der Waals surface area contributed by atoms with Gasteiger partial charge >= 0.3 is 0 Å². The van der Waals surface area contributed by atoms with Gasteiger partial charge in [0.2, 0.25) is 0 Å². The highest BCUT2D eigenvalue weighted by molar-refractivity contribution is 6.31. The van der Waals surface area contributed by atoms with E-state index in [2.05, 4.69) is 4.90 Å². The Hall–Kier alpha value is -0.860. The van der Waals surface area contributed by atoms with Crippen LogP contribution in [-0.4, -0.2) is 23.8 Å². The fourth-order valence-corrected chi connectivity index (χ4v) is 3.58. The molecule has 2 nitrogen and oxygen atoms in total. The molecule has 1 aromatic carbocycles. The van der Waals surface area contributed by atoms with Crippen molar-refractivity contribution in [2.24, 2.45) is 0 Å². The predicted octanol–water partition coefficient (Wildman–Crippen LogP) is 2.60. The van der Waals surface area contributed by atoms with Crippen molar-refractivity contribution in [3.8, 4) is 0 Å². The van der Waals surface area contributed by atoms with E-state index < -0.39 is 5.54 Å². The van der Waals surface area contributed by atoms with Gasteiger partial charge in [-0.05, 0) is 31.5 Å². The molecule has 2 aliphatic rings. The molecule has 2 aliphatic heterocycles. The highest BCUT2D eigenvalue weighted by Crippen LogP contribution is 2.50. The molecular weight excluding hydrogens is 222 g/mol. The first kappa shape index (κ1) is 10.3. The fraction of sp³-hybridized carbons (Fsp3) is 0.462. The predicted molar refractivity (Wildman–Crippen MR) is 63.5 cm³/mol. The maximum Gasteiger partial charge on any atom is 0.159 e. The number of rotatable bonds is 1. The van der Waals surface area contributed by atoms with Gasteiger partial charge in [0.1, 0.15) is 5.54 Å². The van der Waals surface area contributed by atoms with E-state index in [0.29, 0.717) is 23.3 Å². The maximum absolute atomic E-state index is 12.2. The summed E-state index contributed by atoms with van der Waals surface area (Å²) >= 11 is 6.24. The molecule has 0 spiro atoms. The van der Waals surface area contributed by atoms with E-state index in [1.165, 1.54) is 0 Å². The smallest absolute Gasteiger partial charge is 0.159 e. The first-order chi connectivity index (χ1) is 7.66. The molecule has 0 amide bonds. The van der Waals surface area contributed by atoms with Gasteiger partial charge in [0.25, 0.3) is 0 Å². The van der Waals surface area contributed by atoms with Crippen molar-refractivity contribution in [2.75, 3.05) is 7.05 Å². The van der Waals surface area contributed by atoms with Crippen molar-refractivity contribution < 1.29 is 4.79 Å². The normalized spacial score (nSPS) is 33.6. The van der Waals surface area contributed by atoms with Crippen LogP contribution in [0.1, 0.15) is 24.8 Å². The number of fused-ring (bicyclic) bond motifs is 2. The Balaban J connectivity index is 2.18. The van der Waals surface area contributed by atoms with Crippen LogP contribution in [0.2, 0.25) is 5.02 Å². The number of benzene rings is 1. The lowest BCUT2D eigenvalue weighted by Gasteiger charge is -2.31. The van der Waals surface area contributed by atoms with Crippen molar-refractivity contribution >= 4 is 17.4 Å². The molecule has 2 bridgehead atoms. The van der Waals surface area contributed by atoms with Gasteiger partial charge < -0.3 is 0 Å². The molecule has 0 saturated carbocycles. The zero-order valence-electron chi connectivity index (χ0n) is 9.24. The molecule has 3 rings (SSSR count). The number of carbonyl (C=O) groups is 1. The summed E-state index contributed by atoms with van der Waals surface area (Å²) < 4.78 is 0. The minimum atomic E-state index is -0.428. The highest BCUT2D eigenvalue weighted by Gasteiger charge is 2.57. The molecule has 2 unspecified atom stereocenters. The van der Waals surface area contributed by atoms with E-state index in [1.807, 2.05) is 31.3 Å². The van der Waals surface area contributed by atoms with Gasteiger partial charge in [-0.15, -0.1) is 0 Å². The highest BCUT2D eigenvalue weighted by atomic mass is 35.5. The Labute approximate surface area is 100 Å². The molecule has 0 aromatic heterocycles.